The number of hydrogen-bond acceptors (Lipinski definition) is 6. The van der Waals surface area contributed by atoms with E-state index in [1.165, 1.54) is 12.5 Å². The molecule has 6 nitrogen and oxygen atoms in total. The minimum atomic E-state index is -0.0983. The van der Waals surface area contributed by atoms with Crippen molar-refractivity contribution in [2.24, 2.45) is 0 Å². The number of ether oxygens (including phenoxy) is 1. The molecule has 1 N–H and O–H groups in total. The summed E-state index contributed by atoms with van der Waals surface area (Å²) in [4.78, 5) is 6.64. The van der Waals surface area contributed by atoms with Crippen LogP contribution in [0.4, 0.5) is 5.69 Å². The van der Waals surface area contributed by atoms with Gasteiger partial charge in [-0.3, -0.25) is 0 Å². The zero-order valence-corrected chi connectivity index (χ0v) is 14.6. The van der Waals surface area contributed by atoms with Gasteiger partial charge in [-0.15, -0.1) is 0 Å². The topological polar surface area (TPSA) is 71.6 Å². The van der Waals surface area contributed by atoms with Crippen LogP contribution >= 0.6 is 0 Å². The number of rotatable bonds is 6. The zero-order valence-electron chi connectivity index (χ0n) is 14.6. The van der Waals surface area contributed by atoms with E-state index >= 15 is 0 Å². The van der Waals surface area contributed by atoms with E-state index in [1.54, 1.807) is 0 Å². The first kappa shape index (κ1) is 16.4. The molecule has 0 unspecified atom stereocenters. The van der Waals surface area contributed by atoms with E-state index in [-0.39, 0.29) is 5.88 Å². The standard InChI is InChI=1S/C20H21N3O3/c1-23(13-17-12-19(24)22-26-17)15-10-8-14(9-11-15)18-6-3-7-20(21-18)25-16-4-2-5-16/h3,6-12,16H,2,4-5,13H2,1H3,(H,22,24). The first-order chi connectivity index (χ1) is 12.7. The van der Waals surface area contributed by atoms with Gasteiger partial charge in [-0.25, -0.2) is 4.98 Å². The molecule has 0 aliphatic heterocycles. The van der Waals surface area contributed by atoms with Crippen LogP contribution in [0.2, 0.25) is 0 Å². The van der Waals surface area contributed by atoms with Crippen molar-refractivity contribution in [1.82, 2.24) is 10.1 Å². The van der Waals surface area contributed by atoms with Crippen molar-refractivity contribution in [1.29, 1.82) is 0 Å². The molecular formula is C20H21N3O3. The third-order valence-electron chi connectivity index (χ3n) is 4.61. The summed E-state index contributed by atoms with van der Waals surface area (Å²) in [5.74, 6) is 1.20. The molecule has 3 aromatic rings. The molecule has 0 amide bonds. The molecule has 1 aliphatic carbocycles. The number of nitrogens with zero attached hydrogens (tertiary/aromatic N) is 3. The van der Waals surface area contributed by atoms with E-state index in [0.29, 0.717) is 24.3 Å². The summed E-state index contributed by atoms with van der Waals surface area (Å²) < 4.78 is 10.9. The highest BCUT2D eigenvalue weighted by Gasteiger charge is 2.19. The second-order valence-corrected chi connectivity index (χ2v) is 6.59. The van der Waals surface area contributed by atoms with Crippen LogP contribution in [-0.4, -0.2) is 28.4 Å². The van der Waals surface area contributed by atoms with Gasteiger partial charge in [-0.05, 0) is 42.6 Å². The highest BCUT2D eigenvalue weighted by molar-refractivity contribution is 5.63. The van der Waals surface area contributed by atoms with Crippen molar-refractivity contribution >= 4 is 5.69 Å². The molecule has 1 saturated carbocycles. The molecule has 4 rings (SSSR count). The van der Waals surface area contributed by atoms with Crippen molar-refractivity contribution in [2.45, 2.75) is 31.9 Å². The van der Waals surface area contributed by atoms with Gasteiger partial charge in [0.25, 0.3) is 5.88 Å². The number of anilines is 1. The Balaban J connectivity index is 1.46. The molecule has 0 spiro atoms. The van der Waals surface area contributed by atoms with Crippen LogP contribution in [0.15, 0.2) is 53.1 Å². The summed E-state index contributed by atoms with van der Waals surface area (Å²) in [5, 5.41) is 12.7. The monoisotopic (exact) mass is 351 g/mol. The van der Waals surface area contributed by atoms with Gasteiger partial charge in [0.1, 0.15) is 6.10 Å². The average Bonchev–Trinajstić information content (AvgIpc) is 3.03. The second kappa shape index (κ2) is 7.07. The van der Waals surface area contributed by atoms with Crippen LogP contribution in [-0.2, 0) is 6.54 Å². The third kappa shape index (κ3) is 3.64. The van der Waals surface area contributed by atoms with Crippen LogP contribution in [0.1, 0.15) is 25.0 Å². The molecule has 26 heavy (non-hydrogen) atoms. The largest absolute Gasteiger partial charge is 0.491 e. The molecule has 134 valence electrons. The average molecular weight is 351 g/mol. The van der Waals surface area contributed by atoms with E-state index in [2.05, 4.69) is 10.1 Å². The second-order valence-electron chi connectivity index (χ2n) is 6.59. The highest BCUT2D eigenvalue weighted by Crippen LogP contribution is 2.27. The van der Waals surface area contributed by atoms with Crippen molar-refractivity contribution in [3.63, 3.8) is 0 Å². The highest BCUT2D eigenvalue weighted by atomic mass is 16.5. The molecule has 2 aromatic heterocycles. The summed E-state index contributed by atoms with van der Waals surface area (Å²) in [7, 11) is 1.96. The lowest BCUT2D eigenvalue weighted by atomic mass is 9.96. The number of aromatic hydroxyl groups is 1. The number of aromatic nitrogens is 2. The Morgan fingerprint density at radius 1 is 1.19 bits per heavy atom. The maximum Gasteiger partial charge on any atom is 0.251 e. The molecule has 6 heteroatoms. The van der Waals surface area contributed by atoms with Gasteiger partial charge in [0.2, 0.25) is 5.88 Å². The summed E-state index contributed by atoms with van der Waals surface area (Å²) >= 11 is 0. The van der Waals surface area contributed by atoms with Crippen LogP contribution in [0.3, 0.4) is 0 Å². The van der Waals surface area contributed by atoms with E-state index in [0.717, 1.165) is 29.8 Å². The van der Waals surface area contributed by atoms with Gasteiger partial charge in [0, 0.05) is 30.4 Å². The minimum Gasteiger partial charge on any atom is -0.491 e. The van der Waals surface area contributed by atoms with Crippen LogP contribution in [0.5, 0.6) is 11.8 Å². The van der Waals surface area contributed by atoms with E-state index in [1.807, 2.05) is 54.4 Å². The Labute approximate surface area is 152 Å². The predicted molar refractivity (Wildman–Crippen MR) is 98.2 cm³/mol. The maximum atomic E-state index is 9.25. The Kier molecular flexibility index (Phi) is 4.48. The maximum absolute atomic E-state index is 9.25. The third-order valence-corrected chi connectivity index (χ3v) is 4.61. The summed E-state index contributed by atoms with van der Waals surface area (Å²) in [6.45, 7) is 0.524. The summed E-state index contributed by atoms with van der Waals surface area (Å²) in [5.41, 5.74) is 2.97. The van der Waals surface area contributed by atoms with Crippen molar-refractivity contribution in [3.05, 3.63) is 54.3 Å². The van der Waals surface area contributed by atoms with Crippen molar-refractivity contribution in [3.8, 4) is 23.0 Å². The lowest BCUT2D eigenvalue weighted by Gasteiger charge is -2.25. The van der Waals surface area contributed by atoms with Gasteiger partial charge < -0.3 is 19.3 Å². The van der Waals surface area contributed by atoms with Crippen molar-refractivity contribution in [2.75, 3.05) is 11.9 Å². The van der Waals surface area contributed by atoms with E-state index < -0.39 is 0 Å². The molecule has 0 atom stereocenters. The molecule has 0 bridgehead atoms. The molecule has 0 radical (unpaired) electrons. The van der Waals surface area contributed by atoms with Gasteiger partial charge >= 0.3 is 0 Å². The zero-order chi connectivity index (χ0) is 17.9. The molecule has 1 fully saturated rings. The Bertz CT molecular complexity index is 872. The quantitative estimate of drug-likeness (QED) is 0.723. The van der Waals surface area contributed by atoms with Crippen molar-refractivity contribution < 1.29 is 14.4 Å². The van der Waals surface area contributed by atoms with E-state index in [9.17, 15) is 5.11 Å². The number of benzene rings is 1. The Morgan fingerprint density at radius 2 is 2.00 bits per heavy atom. The molecule has 1 aliphatic rings. The van der Waals surface area contributed by atoms with Gasteiger partial charge in [0.15, 0.2) is 5.76 Å². The lowest BCUT2D eigenvalue weighted by molar-refractivity contribution is 0.115. The minimum absolute atomic E-state index is 0.0983. The number of hydrogen-bond donors (Lipinski definition) is 1. The van der Waals surface area contributed by atoms with Gasteiger partial charge in [0.05, 0.1) is 12.2 Å². The van der Waals surface area contributed by atoms with Crippen LogP contribution in [0.25, 0.3) is 11.3 Å². The smallest absolute Gasteiger partial charge is 0.251 e. The Morgan fingerprint density at radius 3 is 2.65 bits per heavy atom. The first-order valence-corrected chi connectivity index (χ1v) is 8.77. The molecule has 0 saturated heterocycles. The molecule has 2 heterocycles. The fraction of sp³-hybridized carbons (Fsp3) is 0.300. The molecule has 1 aromatic carbocycles. The van der Waals surface area contributed by atoms with Crippen LogP contribution in [0, 0.1) is 0 Å². The fourth-order valence-corrected chi connectivity index (χ4v) is 2.89. The molecular weight excluding hydrogens is 330 g/mol. The van der Waals surface area contributed by atoms with Crippen LogP contribution < -0.4 is 9.64 Å². The Hall–Kier alpha value is -3.02. The lowest BCUT2D eigenvalue weighted by Crippen LogP contribution is -2.24. The predicted octanol–water partition coefficient (Wildman–Crippen LogP) is 4.01. The fourth-order valence-electron chi connectivity index (χ4n) is 2.89. The summed E-state index contributed by atoms with van der Waals surface area (Å²) in [6.07, 6.45) is 3.81. The normalized spacial score (nSPS) is 14.0. The van der Waals surface area contributed by atoms with Gasteiger partial charge in [-0.1, -0.05) is 18.2 Å². The number of pyridine rings is 1. The SMILES string of the molecule is CN(Cc1cc(O)no1)c1ccc(-c2cccc(OC3CCC3)n2)cc1. The van der Waals surface area contributed by atoms with Gasteiger partial charge in [-0.2, -0.15) is 0 Å². The van der Waals surface area contributed by atoms with E-state index in [4.69, 9.17) is 9.26 Å². The summed E-state index contributed by atoms with van der Waals surface area (Å²) in [6, 6.07) is 15.5. The first-order valence-electron chi connectivity index (χ1n) is 8.77.